The molecule has 4 nitrogen and oxygen atoms in total. The molecule has 0 spiro atoms. The van der Waals surface area contributed by atoms with Crippen molar-refractivity contribution in [2.75, 3.05) is 0 Å². The monoisotopic (exact) mass is 291 g/mol. The summed E-state index contributed by atoms with van der Waals surface area (Å²) in [5.41, 5.74) is 3.63. The van der Waals surface area contributed by atoms with Crippen LogP contribution in [-0.2, 0) is 6.54 Å². The van der Waals surface area contributed by atoms with Crippen molar-refractivity contribution in [2.24, 2.45) is 0 Å². The van der Waals surface area contributed by atoms with Gasteiger partial charge in [-0.1, -0.05) is 18.2 Å². The second kappa shape index (κ2) is 3.77. The van der Waals surface area contributed by atoms with E-state index >= 15 is 0 Å². The zero-order chi connectivity index (χ0) is 14.0. The third-order valence-corrected chi connectivity index (χ3v) is 4.80. The first-order valence-corrected chi connectivity index (χ1v) is 7.56. The van der Waals surface area contributed by atoms with E-state index < -0.39 is 0 Å². The van der Waals surface area contributed by atoms with Crippen LogP contribution in [0.5, 0.6) is 0 Å². The molecule has 1 aliphatic heterocycles. The van der Waals surface area contributed by atoms with E-state index in [2.05, 4.69) is 11.1 Å². The van der Waals surface area contributed by atoms with Crippen LogP contribution in [0.3, 0.4) is 0 Å². The Kier molecular flexibility index (Phi) is 2.00. The van der Waals surface area contributed by atoms with Gasteiger partial charge in [-0.05, 0) is 23.6 Å². The number of pyridine rings is 1. The molecule has 3 aromatic heterocycles. The van der Waals surface area contributed by atoms with Crippen LogP contribution < -0.4 is 5.56 Å². The summed E-state index contributed by atoms with van der Waals surface area (Å²) in [6.07, 6.45) is 0. The summed E-state index contributed by atoms with van der Waals surface area (Å²) in [6.45, 7) is 0.558. The molecule has 4 heterocycles. The van der Waals surface area contributed by atoms with Crippen LogP contribution in [0.15, 0.2) is 46.6 Å². The quantitative estimate of drug-likeness (QED) is 0.440. The molecule has 0 unspecified atom stereocenters. The molecule has 0 fully saturated rings. The molecule has 0 aliphatic carbocycles. The topological polar surface area (TPSA) is 47.8 Å². The summed E-state index contributed by atoms with van der Waals surface area (Å²) in [5, 5.41) is 3.00. The van der Waals surface area contributed by atoms with Crippen molar-refractivity contribution in [1.82, 2.24) is 14.5 Å². The summed E-state index contributed by atoms with van der Waals surface area (Å²) in [6, 6.07) is 12.0. The standard InChI is InChI=1S/C16H9N3OS/c20-16-14-12(5-6-21-14)18-15-13-10(8-19(15)16)7-9-3-1-2-4-11(9)17-13/h1-7H,8H2. The number of fused-ring (bicyclic) bond motifs is 5. The smallest absolute Gasteiger partial charge is 0.272 e. The van der Waals surface area contributed by atoms with E-state index in [9.17, 15) is 4.79 Å². The highest BCUT2D eigenvalue weighted by atomic mass is 32.1. The summed E-state index contributed by atoms with van der Waals surface area (Å²) >= 11 is 1.45. The third kappa shape index (κ3) is 1.41. The molecule has 0 saturated heterocycles. The molecule has 21 heavy (non-hydrogen) atoms. The molecule has 1 aromatic carbocycles. The molecule has 5 heteroatoms. The van der Waals surface area contributed by atoms with Gasteiger partial charge < -0.3 is 0 Å². The van der Waals surface area contributed by atoms with Gasteiger partial charge in [0.25, 0.3) is 5.56 Å². The van der Waals surface area contributed by atoms with Gasteiger partial charge in [0, 0.05) is 10.9 Å². The average Bonchev–Trinajstić information content (AvgIpc) is 3.10. The molecule has 1 aliphatic rings. The lowest BCUT2D eigenvalue weighted by Gasteiger charge is -2.02. The van der Waals surface area contributed by atoms with E-state index in [1.54, 1.807) is 4.57 Å². The molecule has 0 atom stereocenters. The van der Waals surface area contributed by atoms with Gasteiger partial charge in [-0.3, -0.25) is 9.36 Å². The van der Waals surface area contributed by atoms with Crippen LogP contribution in [-0.4, -0.2) is 14.5 Å². The van der Waals surface area contributed by atoms with E-state index in [1.165, 1.54) is 11.3 Å². The number of nitrogens with zero attached hydrogens (tertiary/aromatic N) is 3. The molecule has 5 rings (SSSR count). The number of hydrogen-bond donors (Lipinski definition) is 0. The molecule has 0 N–H and O–H groups in total. The number of thiophene rings is 1. The highest BCUT2D eigenvalue weighted by Gasteiger charge is 2.24. The van der Waals surface area contributed by atoms with Crippen molar-refractivity contribution < 1.29 is 0 Å². The predicted octanol–water partition coefficient (Wildman–Crippen LogP) is 3.03. The highest BCUT2D eigenvalue weighted by Crippen LogP contribution is 2.31. The Hall–Kier alpha value is -2.53. The van der Waals surface area contributed by atoms with Crippen LogP contribution in [0.2, 0.25) is 0 Å². The predicted molar refractivity (Wildman–Crippen MR) is 83.7 cm³/mol. The zero-order valence-corrected chi connectivity index (χ0v) is 11.7. The van der Waals surface area contributed by atoms with Gasteiger partial charge in [0.1, 0.15) is 10.4 Å². The number of rotatable bonds is 0. The second-order valence-corrected chi connectivity index (χ2v) is 6.07. The minimum Gasteiger partial charge on any atom is -0.286 e. The molecule has 4 aromatic rings. The van der Waals surface area contributed by atoms with Crippen LogP contribution in [0.25, 0.3) is 32.6 Å². The zero-order valence-electron chi connectivity index (χ0n) is 10.9. The van der Waals surface area contributed by atoms with Gasteiger partial charge in [0.15, 0.2) is 5.82 Å². The van der Waals surface area contributed by atoms with Crippen molar-refractivity contribution in [3.63, 3.8) is 0 Å². The summed E-state index contributed by atoms with van der Waals surface area (Å²) in [7, 11) is 0. The molecule has 0 saturated carbocycles. The fourth-order valence-electron chi connectivity index (χ4n) is 2.92. The van der Waals surface area contributed by atoms with Crippen LogP contribution >= 0.6 is 11.3 Å². The Labute approximate surface area is 123 Å². The Morgan fingerprint density at radius 2 is 2.00 bits per heavy atom. The third-order valence-electron chi connectivity index (χ3n) is 3.91. The van der Waals surface area contributed by atoms with Crippen LogP contribution in [0.4, 0.5) is 0 Å². The lowest BCUT2D eigenvalue weighted by atomic mass is 10.1. The van der Waals surface area contributed by atoms with Gasteiger partial charge in [-0.15, -0.1) is 11.3 Å². The van der Waals surface area contributed by atoms with Gasteiger partial charge in [0.2, 0.25) is 0 Å². The number of para-hydroxylation sites is 1. The first-order valence-electron chi connectivity index (χ1n) is 6.68. The van der Waals surface area contributed by atoms with Crippen molar-refractivity contribution in [3.05, 3.63) is 57.7 Å². The van der Waals surface area contributed by atoms with Crippen LogP contribution in [0, 0.1) is 0 Å². The number of benzene rings is 1. The minimum atomic E-state index is 0.0343. The number of aromatic nitrogens is 3. The molecule has 0 amide bonds. The Bertz CT molecular complexity index is 1090. The maximum atomic E-state index is 12.5. The highest BCUT2D eigenvalue weighted by molar-refractivity contribution is 7.17. The van der Waals surface area contributed by atoms with E-state index in [1.807, 2.05) is 35.7 Å². The average molecular weight is 291 g/mol. The summed E-state index contributed by atoms with van der Waals surface area (Å²) in [4.78, 5) is 21.9. The molecule has 0 radical (unpaired) electrons. The Morgan fingerprint density at radius 3 is 2.95 bits per heavy atom. The lowest BCUT2D eigenvalue weighted by Crippen LogP contribution is -2.19. The van der Waals surface area contributed by atoms with E-state index in [4.69, 9.17) is 4.98 Å². The van der Waals surface area contributed by atoms with Crippen molar-refractivity contribution >= 4 is 32.5 Å². The largest absolute Gasteiger partial charge is 0.286 e. The first kappa shape index (κ1) is 11.2. The number of hydrogen-bond acceptors (Lipinski definition) is 4. The summed E-state index contributed by atoms with van der Waals surface area (Å²) in [5.74, 6) is 0.687. The van der Waals surface area contributed by atoms with Gasteiger partial charge in [-0.25, -0.2) is 9.97 Å². The molecular weight excluding hydrogens is 282 g/mol. The molecule has 0 bridgehead atoms. The van der Waals surface area contributed by atoms with E-state index in [0.717, 1.165) is 32.4 Å². The Morgan fingerprint density at radius 1 is 1.10 bits per heavy atom. The maximum absolute atomic E-state index is 12.5. The van der Waals surface area contributed by atoms with Crippen molar-refractivity contribution in [3.8, 4) is 11.5 Å². The molecule has 100 valence electrons. The minimum absolute atomic E-state index is 0.0343. The Balaban J connectivity index is 1.91. The fourth-order valence-corrected chi connectivity index (χ4v) is 3.69. The fraction of sp³-hybridized carbons (Fsp3) is 0.0625. The van der Waals surface area contributed by atoms with Crippen molar-refractivity contribution in [2.45, 2.75) is 6.54 Å². The SMILES string of the molecule is O=c1c2sccc2nc2n1Cc1cc3ccccc3nc1-2. The van der Waals surface area contributed by atoms with Crippen molar-refractivity contribution in [1.29, 1.82) is 0 Å². The van der Waals surface area contributed by atoms with E-state index in [0.29, 0.717) is 12.4 Å². The van der Waals surface area contributed by atoms with Crippen LogP contribution in [0.1, 0.15) is 5.56 Å². The summed E-state index contributed by atoms with van der Waals surface area (Å²) < 4.78 is 2.45. The molecular formula is C16H9N3OS. The first-order chi connectivity index (χ1) is 10.3. The maximum Gasteiger partial charge on any atom is 0.272 e. The lowest BCUT2D eigenvalue weighted by molar-refractivity contribution is 0.799. The van der Waals surface area contributed by atoms with Gasteiger partial charge >= 0.3 is 0 Å². The van der Waals surface area contributed by atoms with E-state index in [-0.39, 0.29) is 5.56 Å². The second-order valence-electron chi connectivity index (χ2n) is 5.15. The normalized spacial score (nSPS) is 12.8. The van der Waals surface area contributed by atoms with Gasteiger partial charge in [-0.2, -0.15) is 0 Å². The van der Waals surface area contributed by atoms with Gasteiger partial charge in [0.05, 0.1) is 17.6 Å².